The number of hydrogen-bond acceptors (Lipinski definition) is 8. The Morgan fingerprint density at radius 3 is 2.66 bits per heavy atom. The highest BCUT2D eigenvalue weighted by Gasteiger charge is 2.36. The van der Waals surface area contributed by atoms with Crippen LogP contribution in [0.3, 0.4) is 0 Å². The van der Waals surface area contributed by atoms with E-state index < -0.39 is 0 Å². The summed E-state index contributed by atoms with van der Waals surface area (Å²) in [5.41, 5.74) is 0. The molecule has 1 amide bonds. The lowest BCUT2D eigenvalue weighted by Crippen LogP contribution is -2.66. The first-order valence-electron chi connectivity index (χ1n) is 14.5. The molecule has 9 nitrogen and oxygen atoms in total. The average Bonchev–Trinajstić information content (AvgIpc) is 2.92. The number of morpholine rings is 1. The van der Waals surface area contributed by atoms with Crippen LogP contribution in [-0.4, -0.2) is 93.9 Å². The van der Waals surface area contributed by atoms with Crippen LogP contribution in [-0.2, 0) is 9.53 Å². The largest absolute Gasteiger partial charge is 0.379 e. The first kappa shape index (κ1) is 25.8. The third kappa shape index (κ3) is 6.94. The number of nitrogens with one attached hydrogen (secondary N) is 6. The summed E-state index contributed by atoms with van der Waals surface area (Å²) in [5.74, 6) is 1.73. The zero-order valence-electron chi connectivity index (χ0n) is 21.7. The van der Waals surface area contributed by atoms with Crippen molar-refractivity contribution in [3.63, 3.8) is 0 Å². The van der Waals surface area contributed by atoms with Gasteiger partial charge in [0.15, 0.2) is 0 Å². The highest BCUT2D eigenvalue weighted by Crippen LogP contribution is 2.27. The molecular formula is C26H49N7O2. The van der Waals surface area contributed by atoms with E-state index in [1.807, 2.05) is 0 Å². The van der Waals surface area contributed by atoms with Gasteiger partial charge in [0.2, 0.25) is 5.91 Å². The number of ether oxygens (including phenoxy) is 1. The highest BCUT2D eigenvalue weighted by molar-refractivity contribution is 5.79. The Balaban J connectivity index is 1.09. The molecule has 5 rings (SSSR count). The standard InChI is InChI=1S/C26H49N7O2/c1-18-4-5-21(30-25(34)19-6-9-28-24(15-19)33-11-13-35-14-12-33)16-23(18)32-26-29-10-7-22(31-26)20-3-2-8-27-17-20/h18-24,26-29,31-32H,2-17H2,1H3,(H,30,34). The number of carbonyl (C=O) groups excluding carboxylic acids is 1. The molecular weight excluding hydrogens is 442 g/mol. The molecule has 0 bridgehead atoms. The molecule has 0 radical (unpaired) electrons. The molecule has 8 atom stereocenters. The van der Waals surface area contributed by atoms with E-state index in [1.165, 1.54) is 25.8 Å². The Hall–Kier alpha value is -0.810. The molecule has 4 heterocycles. The lowest BCUT2D eigenvalue weighted by atomic mass is 9.82. The second-order valence-electron chi connectivity index (χ2n) is 11.7. The van der Waals surface area contributed by atoms with E-state index in [0.717, 1.165) is 84.0 Å². The SMILES string of the molecule is CC1CCC(NC(=O)C2CCNC(N3CCOCC3)C2)CC1NC1NCCC(C2CCCNC2)N1. The number of carbonyl (C=O) groups is 1. The van der Waals surface area contributed by atoms with Crippen LogP contribution in [0.2, 0.25) is 0 Å². The topological polar surface area (TPSA) is 102 Å². The van der Waals surface area contributed by atoms with Gasteiger partial charge in [-0.15, -0.1) is 0 Å². The molecule has 9 heteroatoms. The zero-order chi connectivity index (χ0) is 24.0. The molecule has 0 aromatic rings. The molecule has 8 unspecified atom stereocenters. The quantitative estimate of drug-likeness (QED) is 0.312. The molecule has 6 N–H and O–H groups in total. The van der Waals surface area contributed by atoms with Crippen molar-refractivity contribution in [2.75, 3.05) is 52.5 Å². The van der Waals surface area contributed by atoms with Crippen molar-refractivity contribution in [3.8, 4) is 0 Å². The molecule has 1 aliphatic carbocycles. The summed E-state index contributed by atoms with van der Waals surface area (Å²) >= 11 is 0. The summed E-state index contributed by atoms with van der Waals surface area (Å²) in [7, 11) is 0. The van der Waals surface area contributed by atoms with Crippen LogP contribution in [0.5, 0.6) is 0 Å². The fraction of sp³-hybridized carbons (Fsp3) is 0.962. The van der Waals surface area contributed by atoms with Gasteiger partial charge in [-0.3, -0.25) is 25.6 Å². The van der Waals surface area contributed by atoms with E-state index >= 15 is 0 Å². The van der Waals surface area contributed by atoms with Gasteiger partial charge in [-0.25, -0.2) is 0 Å². The predicted molar refractivity (Wildman–Crippen MR) is 138 cm³/mol. The van der Waals surface area contributed by atoms with Crippen LogP contribution in [0.25, 0.3) is 0 Å². The first-order valence-corrected chi connectivity index (χ1v) is 14.5. The van der Waals surface area contributed by atoms with Gasteiger partial charge in [0.25, 0.3) is 0 Å². The van der Waals surface area contributed by atoms with Gasteiger partial charge < -0.3 is 20.7 Å². The molecule has 200 valence electrons. The molecule has 5 aliphatic rings. The van der Waals surface area contributed by atoms with Crippen LogP contribution < -0.4 is 31.9 Å². The van der Waals surface area contributed by atoms with Gasteiger partial charge in [-0.1, -0.05) is 6.92 Å². The highest BCUT2D eigenvalue weighted by atomic mass is 16.5. The fourth-order valence-electron chi connectivity index (χ4n) is 6.96. The van der Waals surface area contributed by atoms with E-state index in [-0.39, 0.29) is 24.2 Å². The van der Waals surface area contributed by atoms with Crippen LogP contribution in [0.4, 0.5) is 0 Å². The van der Waals surface area contributed by atoms with Gasteiger partial charge in [-0.2, -0.15) is 0 Å². The third-order valence-electron chi connectivity index (χ3n) is 9.25. The minimum absolute atomic E-state index is 0.112. The number of piperidine rings is 2. The van der Waals surface area contributed by atoms with Gasteiger partial charge in [0.1, 0.15) is 6.29 Å². The summed E-state index contributed by atoms with van der Waals surface area (Å²) in [6.45, 7) is 10.2. The minimum Gasteiger partial charge on any atom is -0.379 e. The molecule has 0 aromatic carbocycles. The number of rotatable bonds is 6. The van der Waals surface area contributed by atoms with Crippen LogP contribution in [0, 0.1) is 17.8 Å². The van der Waals surface area contributed by atoms with Gasteiger partial charge in [0.05, 0.1) is 19.4 Å². The molecule has 5 fully saturated rings. The molecule has 4 saturated heterocycles. The Morgan fingerprint density at radius 1 is 0.971 bits per heavy atom. The number of hydrogen-bond donors (Lipinski definition) is 6. The third-order valence-corrected chi connectivity index (χ3v) is 9.25. The van der Waals surface area contributed by atoms with E-state index in [9.17, 15) is 4.79 Å². The zero-order valence-corrected chi connectivity index (χ0v) is 21.7. The van der Waals surface area contributed by atoms with E-state index in [1.54, 1.807) is 0 Å². The van der Waals surface area contributed by atoms with Gasteiger partial charge in [-0.05, 0) is 89.4 Å². The van der Waals surface area contributed by atoms with Crippen molar-refractivity contribution >= 4 is 5.91 Å². The second-order valence-corrected chi connectivity index (χ2v) is 11.7. The summed E-state index contributed by atoms with van der Waals surface area (Å²) in [6.07, 6.45) is 9.39. The van der Waals surface area contributed by atoms with Crippen molar-refractivity contribution < 1.29 is 9.53 Å². The van der Waals surface area contributed by atoms with E-state index in [4.69, 9.17) is 4.74 Å². The molecule has 0 aromatic heterocycles. The van der Waals surface area contributed by atoms with Crippen molar-refractivity contribution in [2.45, 2.75) is 88.9 Å². The monoisotopic (exact) mass is 491 g/mol. The fourth-order valence-corrected chi connectivity index (χ4v) is 6.96. The molecule has 4 aliphatic heterocycles. The van der Waals surface area contributed by atoms with Crippen LogP contribution in [0.15, 0.2) is 0 Å². The molecule has 1 saturated carbocycles. The Labute approximate surface area is 211 Å². The minimum atomic E-state index is 0.112. The van der Waals surface area contributed by atoms with E-state index in [0.29, 0.717) is 24.2 Å². The van der Waals surface area contributed by atoms with Gasteiger partial charge in [0, 0.05) is 37.1 Å². The number of nitrogens with zero attached hydrogens (tertiary/aromatic N) is 1. The summed E-state index contributed by atoms with van der Waals surface area (Å²) in [4.78, 5) is 15.7. The van der Waals surface area contributed by atoms with E-state index in [2.05, 4.69) is 43.7 Å². The smallest absolute Gasteiger partial charge is 0.223 e. The summed E-state index contributed by atoms with van der Waals surface area (Å²) < 4.78 is 5.51. The normalized spacial score (nSPS) is 41.9. The summed E-state index contributed by atoms with van der Waals surface area (Å²) in [5, 5.41) is 22.1. The van der Waals surface area contributed by atoms with Crippen LogP contribution in [0.1, 0.15) is 58.3 Å². The maximum absolute atomic E-state index is 13.3. The van der Waals surface area contributed by atoms with Gasteiger partial charge >= 0.3 is 0 Å². The van der Waals surface area contributed by atoms with Crippen molar-refractivity contribution in [1.82, 2.24) is 36.8 Å². The lowest BCUT2D eigenvalue weighted by molar-refractivity contribution is -0.128. The van der Waals surface area contributed by atoms with Crippen molar-refractivity contribution in [1.29, 1.82) is 0 Å². The molecule has 35 heavy (non-hydrogen) atoms. The maximum atomic E-state index is 13.3. The Morgan fingerprint density at radius 2 is 1.83 bits per heavy atom. The Kier molecular flexibility index (Phi) is 9.32. The Bertz CT molecular complexity index is 670. The second kappa shape index (κ2) is 12.6. The average molecular weight is 492 g/mol. The van der Waals surface area contributed by atoms with Crippen molar-refractivity contribution in [2.24, 2.45) is 17.8 Å². The first-order chi connectivity index (χ1) is 17.2. The van der Waals surface area contributed by atoms with Crippen LogP contribution >= 0.6 is 0 Å². The maximum Gasteiger partial charge on any atom is 0.223 e. The lowest BCUT2D eigenvalue weighted by Gasteiger charge is -2.43. The summed E-state index contributed by atoms with van der Waals surface area (Å²) in [6, 6.07) is 1.27. The predicted octanol–water partition coefficient (Wildman–Crippen LogP) is 0.142. The number of amides is 1. The molecule has 0 spiro atoms. The van der Waals surface area contributed by atoms with Crippen molar-refractivity contribution in [3.05, 3.63) is 0 Å².